The number of hydrogen-bond donors (Lipinski definition) is 0. The normalized spacial score (nSPS) is 23.6. The quantitative estimate of drug-likeness (QED) is 0.833. The first-order valence-corrected chi connectivity index (χ1v) is 9.83. The number of fused-ring (bicyclic) bond motifs is 1. The zero-order chi connectivity index (χ0) is 16.9. The highest BCUT2D eigenvalue weighted by atomic mass is 32.2. The van der Waals surface area contributed by atoms with E-state index in [0.29, 0.717) is 49.4 Å². The van der Waals surface area contributed by atoms with Crippen molar-refractivity contribution >= 4 is 15.8 Å². The molecule has 7 heteroatoms. The first-order valence-electron chi connectivity index (χ1n) is 8.33. The molecule has 0 atom stereocenters. The Labute approximate surface area is 141 Å². The second kappa shape index (κ2) is 5.46. The molecule has 1 saturated heterocycles. The maximum Gasteiger partial charge on any atom is 0.216 e. The molecule has 1 spiro atoms. The Kier molecular flexibility index (Phi) is 3.61. The highest BCUT2D eigenvalue weighted by molar-refractivity contribution is 7.90. The molecule has 2 fully saturated rings. The Balaban J connectivity index is 1.54. The van der Waals surface area contributed by atoms with Crippen molar-refractivity contribution in [3.63, 3.8) is 0 Å². The lowest BCUT2D eigenvalue weighted by molar-refractivity contribution is 0.00575. The molecule has 4 rings (SSSR count). The van der Waals surface area contributed by atoms with Crippen LogP contribution in [-0.2, 0) is 10.0 Å². The minimum absolute atomic E-state index is 0.0532. The van der Waals surface area contributed by atoms with E-state index < -0.39 is 15.6 Å². The minimum atomic E-state index is -3.16. The van der Waals surface area contributed by atoms with Gasteiger partial charge in [-0.15, -0.1) is 0 Å². The van der Waals surface area contributed by atoms with Crippen LogP contribution < -0.4 is 9.47 Å². The molecule has 0 radical (unpaired) electrons. The third-order valence-corrected chi connectivity index (χ3v) is 7.64. The number of piperidine rings is 1. The number of methoxy groups -OCH3 is 1. The number of ether oxygens (including phenoxy) is 2. The first kappa shape index (κ1) is 15.9. The maximum absolute atomic E-state index is 12.5. The van der Waals surface area contributed by atoms with E-state index in [1.807, 2.05) is 0 Å². The summed E-state index contributed by atoms with van der Waals surface area (Å²) in [6.07, 6.45) is 2.94. The van der Waals surface area contributed by atoms with E-state index in [1.54, 1.807) is 29.6 Å². The molecule has 6 nitrogen and oxygen atoms in total. The Morgan fingerprint density at radius 2 is 1.96 bits per heavy atom. The molecule has 1 saturated carbocycles. The van der Waals surface area contributed by atoms with E-state index in [0.717, 1.165) is 12.8 Å². The highest BCUT2D eigenvalue weighted by Crippen LogP contribution is 2.42. The summed E-state index contributed by atoms with van der Waals surface area (Å²) in [7, 11) is -1.58. The number of carbonyl (C=O) groups is 1. The minimum Gasteiger partial charge on any atom is -0.497 e. The summed E-state index contributed by atoms with van der Waals surface area (Å²) in [4.78, 5) is 12.5. The van der Waals surface area contributed by atoms with Gasteiger partial charge in [0.1, 0.15) is 17.1 Å². The largest absolute Gasteiger partial charge is 0.497 e. The Morgan fingerprint density at radius 1 is 1.25 bits per heavy atom. The zero-order valence-electron chi connectivity index (χ0n) is 13.7. The van der Waals surface area contributed by atoms with Crippen molar-refractivity contribution in [1.82, 2.24) is 4.31 Å². The maximum atomic E-state index is 12.5. The van der Waals surface area contributed by atoms with Crippen LogP contribution in [0.3, 0.4) is 0 Å². The summed E-state index contributed by atoms with van der Waals surface area (Å²) in [6, 6.07) is 5.22. The van der Waals surface area contributed by atoms with Crippen LogP contribution in [-0.4, -0.2) is 49.6 Å². The summed E-state index contributed by atoms with van der Waals surface area (Å²) in [5, 5.41) is -0.189. The van der Waals surface area contributed by atoms with Gasteiger partial charge in [0, 0.05) is 32.0 Å². The molecule has 2 aliphatic heterocycles. The van der Waals surface area contributed by atoms with Crippen molar-refractivity contribution in [3.05, 3.63) is 23.8 Å². The van der Waals surface area contributed by atoms with Crippen molar-refractivity contribution in [2.24, 2.45) is 0 Å². The van der Waals surface area contributed by atoms with Crippen LogP contribution in [0.2, 0.25) is 0 Å². The first-order chi connectivity index (χ1) is 11.4. The van der Waals surface area contributed by atoms with Gasteiger partial charge in [-0.2, -0.15) is 0 Å². The lowest BCUT2D eigenvalue weighted by Crippen LogP contribution is -2.52. The number of carbonyl (C=O) groups excluding carboxylic acids is 1. The third-order valence-electron chi connectivity index (χ3n) is 5.24. The number of hydrogen-bond acceptors (Lipinski definition) is 5. The predicted molar refractivity (Wildman–Crippen MR) is 88.0 cm³/mol. The lowest BCUT2D eigenvalue weighted by Gasteiger charge is -2.43. The van der Waals surface area contributed by atoms with Gasteiger partial charge in [-0.1, -0.05) is 0 Å². The summed E-state index contributed by atoms with van der Waals surface area (Å²) in [6.45, 7) is 0.844. The van der Waals surface area contributed by atoms with E-state index in [9.17, 15) is 13.2 Å². The Bertz CT molecular complexity index is 776. The summed E-state index contributed by atoms with van der Waals surface area (Å²) < 4.78 is 37.7. The third kappa shape index (κ3) is 2.59. The molecule has 24 heavy (non-hydrogen) atoms. The topological polar surface area (TPSA) is 72.9 Å². The molecule has 2 heterocycles. The summed E-state index contributed by atoms with van der Waals surface area (Å²) in [5.41, 5.74) is -0.0131. The molecule has 0 unspecified atom stereocenters. The molecule has 130 valence electrons. The lowest BCUT2D eigenvalue weighted by atomic mass is 9.83. The molecule has 0 bridgehead atoms. The number of nitrogens with zero attached hydrogens (tertiary/aromatic N) is 1. The number of rotatable bonds is 3. The molecule has 1 aliphatic carbocycles. The molecule has 0 aromatic heterocycles. The van der Waals surface area contributed by atoms with Crippen LogP contribution >= 0.6 is 0 Å². The fourth-order valence-corrected chi connectivity index (χ4v) is 5.45. The van der Waals surface area contributed by atoms with E-state index in [-0.39, 0.29) is 11.0 Å². The van der Waals surface area contributed by atoms with Crippen LogP contribution in [0.1, 0.15) is 42.5 Å². The Morgan fingerprint density at radius 3 is 2.58 bits per heavy atom. The van der Waals surface area contributed by atoms with Crippen LogP contribution in [0.4, 0.5) is 0 Å². The summed E-state index contributed by atoms with van der Waals surface area (Å²) >= 11 is 0. The van der Waals surface area contributed by atoms with Crippen molar-refractivity contribution in [2.75, 3.05) is 20.2 Å². The zero-order valence-corrected chi connectivity index (χ0v) is 14.5. The molecule has 1 aromatic rings. The number of benzene rings is 1. The van der Waals surface area contributed by atoms with Gasteiger partial charge >= 0.3 is 0 Å². The number of ketones is 1. The van der Waals surface area contributed by atoms with Crippen molar-refractivity contribution < 1.29 is 22.7 Å². The van der Waals surface area contributed by atoms with E-state index in [1.165, 1.54) is 0 Å². The van der Waals surface area contributed by atoms with Gasteiger partial charge in [0.25, 0.3) is 0 Å². The number of Topliss-reactive ketones (excluding diaryl/α,β-unsaturated/α-hetero) is 1. The average molecular weight is 351 g/mol. The SMILES string of the molecule is COc1ccc2c(c1)OC1(CCN(S(=O)(=O)C3CC3)CC1)CC2=O. The van der Waals surface area contributed by atoms with Crippen molar-refractivity contribution in [1.29, 1.82) is 0 Å². The van der Waals surface area contributed by atoms with Crippen molar-refractivity contribution in [3.8, 4) is 11.5 Å². The average Bonchev–Trinajstić information content (AvgIpc) is 3.40. The second-order valence-corrected chi connectivity index (χ2v) is 9.10. The van der Waals surface area contributed by atoms with Gasteiger partial charge in [-0.25, -0.2) is 12.7 Å². The smallest absolute Gasteiger partial charge is 0.216 e. The van der Waals surface area contributed by atoms with Gasteiger partial charge in [-0.3, -0.25) is 4.79 Å². The molecule has 0 amide bonds. The van der Waals surface area contributed by atoms with E-state index in [2.05, 4.69) is 0 Å². The molecular weight excluding hydrogens is 330 g/mol. The molecule has 0 N–H and O–H groups in total. The molecular formula is C17H21NO5S. The standard InChI is InChI=1S/C17H21NO5S/c1-22-12-2-5-14-15(19)11-17(23-16(14)10-12)6-8-18(9-7-17)24(20,21)13-3-4-13/h2,5,10,13H,3-4,6-9,11H2,1H3. The second-order valence-electron chi connectivity index (χ2n) is 6.89. The summed E-state index contributed by atoms with van der Waals surface area (Å²) in [5.74, 6) is 1.24. The van der Waals surface area contributed by atoms with Crippen LogP contribution in [0.25, 0.3) is 0 Å². The van der Waals surface area contributed by atoms with Gasteiger partial charge in [0.15, 0.2) is 5.78 Å². The monoisotopic (exact) mass is 351 g/mol. The van der Waals surface area contributed by atoms with Crippen LogP contribution in [0.5, 0.6) is 11.5 Å². The van der Waals surface area contributed by atoms with Crippen LogP contribution in [0, 0.1) is 0 Å². The van der Waals surface area contributed by atoms with Gasteiger partial charge < -0.3 is 9.47 Å². The van der Waals surface area contributed by atoms with Gasteiger partial charge in [-0.05, 0) is 25.0 Å². The highest BCUT2D eigenvalue weighted by Gasteiger charge is 2.47. The van der Waals surface area contributed by atoms with Gasteiger partial charge in [0.05, 0.1) is 24.3 Å². The van der Waals surface area contributed by atoms with Gasteiger partial charge in [0.2, 0.25) is 10.0 Å². The molecule has 1 aromatic carbocycles. The predicted octanol–water partition coefficient (Wildman–Crippen LogP) is 1.99. The van der Waals surface area contributed by atoms with E-state index >= 15 is 0 Å². The fraction of sp³-hybridized carbons (Fsp3) is 0.588. The number of sulfonamides is 1. The van der Waals surface area contributed by atoms with Crippen molar-refractivity contribution in [2.45, 2.75) is 43.0 Å². The fourth-order valence-electron chi connectivity index (χ4n) is 3.61. The van der Waals surface area contributed by atoms with E-state index in [4.69, 9.17) is 9.47 Å². The molecule has 3 aliphatic rings. The Hall–Kier alpha value is -1.60. The van der Waals surface area contributed by atoms with Crippen LogP contribution in [0.15, 0.2) is 18.2 Å².